The summed E-state index contributed by atoms with van der Waals surface area (Å²) in [6, 6.07) is 6.90. The topological polar surface area (TPSA) is 84.6 Å². The highest BCUT2D eigenvalue weighted by molar-refractivity contribution is 6.30. The van der Waals surface area contributed by atoms with Gasteiger partial charge in [-0.2, -0.15) is 0 Å². The van der Waals surface area contributed by atoms with E-state index in [9.17, 15) is 9.90 Å². The van der Waals surface area contributed by atoms with Gasteiger partial charge in [-0.1, -0.05) is 28.9 Å². The Morgan fingerprint density at radius 3 is 2.86 bits per heavy atom. The number of amides is 1. The second-order valence-corrected chi connectivity index (χ2v) is 4.84. The fraction of sp³-hybridized carbons (Fsp3) is 0.286. The number of carbonyl (C=O) groups is 1. The second kappa shape index (κ2) is 7.21. The van der Waals surface area contributed by atoms with Crippen molar-refractivity contribution in [3.05, 3.63) is 41.1 Å². The van der Waals surface area contributed by atoms with Gasteiger partial charge < -0.3 is 19.7 Å². The molecule has 0 aliphatic heterocycles. The van der Waals surface area contributed by atoms with Gasteiger partial charge in [-0.25, -0.2) is 0 Å². The number of rotatable bonds is 6. The molecule has 0 saturated heterocycles. The maximum atomic E-state index is 12.1. The van der Waals surface area contributed by atoms with Gasteiger partial charge in [0.1, 0.15) is 17.5 Å². The minimum Gasteiger partial charge on any atom is -0.389 e. The molecule has 2 N–H and O–H groups in total. The molecule has 1 heterocycles. The van der Waals surface area contributed by atoms with E-state index in [1.54, 1.807) is 24.3 Å². The van der Waals surface area contributed by atoms with Crippen molar-refractivity contribution in [3.8, 4) is 11.3 Å². The van der Waals surface area contributed by atoms with Crippen LogP contribution in [0.2, 0.25) is 5.02 Å². The number of hydrogen-bond acceptors (Lipinski definition) is 5. The molecule has 2 rings (SSSR count). The van der Waals surface area contributed by atoms with Gasteiger partial charge in [0.2, 0.25) is 0 Å². The number of methoxy groups -OCH3 is 1. The molecule has 1 aromatic heterocycles. The Morgan fingerprint density at radius 2 is 2.19 bits per heavy atom. The molecule has 21 heavy (non-hydrogen) atoms. The van der Waals surface area contributed by atoms with Gasteiger partial charge >= 0.3 is 0 Å². The maximum Gasteiger partial charge on any atom is 0.256 e. The van der Waals surface area contributed by atoms with E-state index in [1.165, 1.54) is 13.4 Å². The van der Waals surface area contributed by atoms with E-state index in [1.807, 2.05) is 0 Å². The van der Waals surface area contributed by atoms with Gasteiger partial charge in [0, 0.05) is 24.2 Å². The van der Waals surface area contributed by atoms with Crippen LogP contribution in [-0.2, 0) is 4.74 Å². The van der Waals surface area contributed by atoms with Gasteiger partial charge in [-0.3, -0.25) is 4.79 Å². The van der Waals surface area contributed by atoms with E-state index >= 15 is 0 Å². The average Bonchev–Trinajstić information content (AvgIpc) is 2.95. The first-order valence-electron chi connectivity index (χ1n) is 6.27. The number of aliphatic hydroxyl groups is 1. The van der Waals surface area contributed by atoms with Crippen LogP contribution in [0.1, 0.15) is 10.4 Å². The Balaban J connectivity index is 2.09. The van der Waals surface area contributed by atoms with Gasteiger partial charge in [0.15, 0.2) is 0 Å². The lowest BCUT2D eigenvalue weighted by Crippen LogP contribution is -2.34. The maximum absolute atomic E-state index is 12.1. The Kier molecular flexibility index (Phi) is 5.32. The van der Waals surface area contributed by atoms with Crippen molar-refractivity contribution < 1.29 is 19.2 Å². The molecule has 0 bridgehead atoms. The monoisotopic (exact) mass is 310 g/mol. The first kappa shape index (κ1) is 15.5. The molecule has 112 valence electrons. The number of nitrogens with one attached hydrogen (secondary N) is 1. The minimum absolute atomic E-state index is 0.0813. The highest BCUT2D eigenvalue weighted by Gasteiger charge is 2.18. The number of aromatic nitrogens is 1. The third-order valence-corrected chi connectivity index (χ3v) is 3.04. The largest absolute Gasteiger partial charge is 0.389 e. The molecular formula is C14H15ClN2O4. The molecule has 1 unspecified atom stereocenters. The van der Waals surface area contributed by atoms with E-state index in [0.29, 0.717) is 16.3 Å². The van der Waals surface area contributed by atoms with Crippen LogP contribution in [0.4, 0.5) is 0 Å². The molecule has 0 aliphatic rings. The lowest BCUT2D eigenvalue weighted by Gasteiger charge is -2.10. The number of nitrogens with zero attached hydrogens (tertiary/aromatic N) is 1. The van der Waals surface area contributed by atoms with E-state index in [4.69, 9.17) is 20.9 Å². The van der Waals surface area contributed by atoms with Gasteiger partial charge in [0.05, 0.1) is 12.7 Å². The summed E-state index contributed by atoms with van der Waals surface area (Å²) in [5.41, 5.74) is 1.43. The van der Waals surface area contributed by atoms with Crippen LogP contribution in [0.3, 0.4) is 0 Å². The van der Waals surface area contributed by atoms with Crippen LogP contribution in [-0.4, -0.2) is 42.5 Å². The highest BCUT2D eigenvalue weighted by atomic mass is 35.5. The fourth-order valence-corrected chi connectivity index (χ4v) is 1.90. The molecular weight excluding hydrogens is 296 g/mol. The molecule has 0 aliphatic carbocycles. The zero-order valence-electron chi connectivity index (χ0n) is 11.4. The summed E-state index contributed by atoms with van der Waals surface area (Å²) in [6.45, 7) is 0.228. The molecule has 1 amide bonds. The van der Waals surface area contributed by atoms with Crippen molar-refractivity contribution in [2.75, 3.05) is 20.3 Å². The number of aliphatic hydroxyl groups excluding tert-OH is 1. The molecule has 1 aromatic carbocycles. The summed E-state index contributed by atoms with van der Waals surface area (Å²) >= 11 is 5.83. The summed E-state index contributed by atoms with van der Waals surface area (Å²) in [7, 11) is 1.48. The molecule has 1 atom stereocenters. The Hall–Kier alpha value is -1.89. The van der Waals surface area contributed by atoms with Crippen LogP contribution >= 0.6 is 11.6 Å². The van der Waals surface area contributed by atoms with Crippen molar-refractivity contribution in [1.29, 1.82) is 0 Å². The second-order valence-electron chi connectivity index (χ2n) is 4.40. The van der Waals surface area contributed by atoms with E-state index in [2.05, 4.69) is 10.5 Å². The summed E-state index contributed by atoms with van der Waals surface area (Å²) in [5.74, 6) is -0.378. The van der Waals surface area contributed by atoms with Crippen molar-refractivity contribution in [2.24, 2.45) is 0 Å². The number of ether oxygens (including phenoxy) is 1. The zero-order valence-corrected chi connectivity index (χ0v) is 12.1. The van der Waals surface area contributed by atoms with Crippen LogP contribution in [0, 0.1) is 0 Å². The van der Waals surface area contributed by atoms with E-state index in [-0.39, 0.29) is 19.1 Å². The van der Waals surface area contributed by atoms with Crippen molar-refractivity contribution >= 4 is 17.5 Å². The number of halogens is 1. The van der Waals surface area contributed by atoms with Crippen LogP contribution in [0.15, 0.2) is 35.1 Å². The summed E-state index contributed by atoms with van der Waals surface area (Å²) in [5, 5.41) is 16.5. The number of carbonyl (C=O) groups excluding carboxylic acids is 1. The highest BCUT2D eigenvalue weighted by Crippen LogP contribution is 2.23. The molecule has 0 saturated carbocycles. The van der Waals surface area contributed by atoms with Crippen LogP contribution in [0.25, 0.3) is 11.3 Å². The quantitative estimate of drug-likeness (QED) is 0.849. The normalized spacial score (nSPS) is 12.1. The predicted octanol–water partition coefficient (Wildman–Crippen LogP) is 1.73. The molecule has 7 heteroatoms. The SMILES string of the molecule is COCC(O)CNC(=O)c1conc1-c1ccc(Cl)cc1. The fourth-order valence-electron chi connectivity index (χ4n) is 1.77. The zero-order chi connectivity index (χ0) is 15.2. The first-order chi connectivity index (χ1) is 10.1. The standard InChI is InChI=1S/C14H15ClN2O4/c1-20-7-11(18)6-16-14(19)12-8-21-17-13(12)9-2-4-10(15)5-3-9/h2-5,8,11,18H,6-7H2,1H3,(H,16,19). The molecule has 0 fully saturated rings. The average molecular weight is 311 g/mol. The van der Waals surface area contributed by atoms with Crippen molar-refractivity contribution in [2.45, 2.75) is 6.10 Å². The molecule has 0 radical (unpaired) electrons. The first-order valence-corrected chi connectivity index (χ1v) is 6.65. The lowest BCUT2D eigenvalue weighted by atomic mass is 10.1. The molecule has 2 aromatic rings. The number of benzene rings is 1. The van der Waals surface area contributed by atoms with E-state index < -0.39 is 6.10 Å². The smallest absolute Gasteiger partial charge is 0.256 e. The predicted molar refractivity (Wildman–Crippen MR) is 77.2 cm³/mol. The molecule has 6 nitrogen and oxygen atoms in total. The van der Waals surface area contributed by atoms with E-state index in [0.717, 1.165) is 5.56 Å². The summed E-state index contributed by atoms with van der Waals surface area (Å²) in [4.78, 5) is 12.1. The van der Waals surface area contributed by atoms with Crippen molar-refractivity contribution in [1.82, 2.24) is 10.5 Å². The minimum atomic E-state index is -0.766. The Morgan fingerprint density at radius 1 is 1.48 bits per heavy atom. The van der Waals surface area contributed by atoms with Gasteiger partial charge in [-0.05, 0) is 12.1 Å². The van der Waals surface area contributed by atoms with Crippen molar-refractivity contribution in [3.63, 3.8) is 0 Å². The lowest BCUT2D eigenvalue weighted by molar-refractivity contribution is 0.0610. The van der Waals surface area contributed by atoms with Crippen LogP contribution in [0.5, 0.6) is 0 Å². The summed E-state index contributed by atoms with van der Waals surface area (Å²) < 4.78 is 9.66. The Labute approximate surface area is 126 Å². The number of hydrogen-bond donors (Lipinski definition) is 2. The Bertz CT molecular complexity index is 597. The molecule has 0 spiro atoms. The summed E-state index contributed by atoms with van der Waals surface area (Å²) in [6.07, 6.45) is 0.500. The third kappa shape index (κ3) is 4.04. The van der Waals surface area contributed by atoms with Crippen LogP contribution < -0.4 is 5.32 Å². The third-order valence-electron chi connectivity index (χ3n) is 2.79. The van der Waals surface area contributed by atoms with Gasteiger partial charge in [-0.15, -0.1) is 0 Å². The van der Waals surface area contributed by atoms with Gasteiger partial charge in [0.25, 0.3) is 5.91 Å².